The van der Waals surface area contributed by atoms with Crippen LogP contribution in [0.3, 0.4) is 0 Å². The molecule has 0 unspecified atom stereocenters. The maximum atomic E-state index is 12.4. The zero-order chi connectivity index (χ0) is 17.9. The second-order valence-corrected chi connectivity index (χ2v) is 7.74. The van der Waals surface area contributed by atoms with E-state index in [2.05, 4.69) is 14.9 Å². The molecule has 0 aromatic carbocycles. The van der Waals surface area contributed by atoms with Crippen molar-refractivity contribution in [3.05, 3.63) is 18.3 Å². The number of carbonyl (C=O) groups is 2. The average Bonchev–Trinajstić information content (AvgIpc) is 3.35. The van der Waals surface area contributed by atoms with Crippen LogP contribution in [0.15, 0.2) is 18.3 Å². The van der Waals surface area contributed by atoms with Crippen LogP contribution in [0.2, 0.25) is 0 Å². The van der Waals surface area contributed by atoms with Crippen LogP contribution >= 0.6 is 11.3 Å². The number of likely N-dealkylation sites (tertiary alicyclic amines) is 1. The zero-order valence-corrected chi connectivity index (χ0v) is 15.6. The Morgan fingerprint density at radius 3 is 2.27 bits per heavy atom. The molecule has 8 heteroatoms. The second kappa shape index (κ2) is 7.57. The maximum absolute atomic E-state index is 12.4. The molecule has 0 N–H and O–H groups in total. The van der Waals surface area contributed by atoms with Crippen LogP contribution in [-0.2, 0) is 9.59 Å². The lowest BCUT2D eigenvalue weighted by molar-refractivity contribution is -0.136. The molecule has 2 amide bonds. The minimum atomic E-state index is 0.0863. The van der Waals surface area contributed by atoms with Gasteiger partial charge in [0, 0.05) is 58.3 Å². The fourth-order valence-electron chi connectivity index (χ4n) is 3.54. The molecule has 2 fully saturated rings. The smallest absolute Gasteiger partial charge is 0.223 e. The van der Waals surface area contributed by atoms with E-state index in [4.69, 9.17) is 0 Å². The van der Waals surface area contributed by atoms with Gasteiger partial charge in [-0.15, -0.1) is 0 Å². The first kappa shape index (κ1) is 17.2. The number of nitrogens with zero attached hydrogens (tertiary/aromatic N) is 5. The molecule has 2 saturated heterocycles. The Balaban J connectivity index is 1.27. The molecule has 2 aliphatic heterocycles. The Bertz CT molecular complexity index is 761. The van der Waals surface area contributed by atoms with Crippen molar-refractivity contribution >= 4 is 38.6 Å². The highest BCUT2D eigenvalue weighted by Gasteiger charge is 2.24. The van der Waals surface area contributed by atoms with Crippen molar-refractivity contribution in [1.29, 1.82) is 0 Å². The number of carbonyl (C=O) groups excluding carboxylic acids is 2. The van der Waals surface area contributed by atoms with Gasteiger partial charge in [-0.05, 0) is 25.0 Å². The molecule has 2 aromatic heterocycles. The number of anilines is 1. The van der Waals surface area contributed by atoms with Crippen LogP contribution in [-0.4, -0.2) is 70.9 Å². The normalized spacial score (nSPS) is 17.9. The van der Waals surface area contributed by atoms with Crippen LogP contribution in [0.1, 0.15) is 25.7 Å². The Morgan fingerprint density at radius 2 is 1.62 bits per heavy atom. The van der Waals surface area contributed by atoms with Crippen molar-refractivity contribution in [2.75, 3.05) is 44.2 Å². The summed E-state index contributed by atoms with van der Waals surface area (Å²) in [5.41, 5.74) is 0.923. The van der Waals surface area contributed by atoms with Crippen molar-refractivity contribution < 1.29 is 9.59 Å². The third kappa shape index (κ3) is 3.65. The van der Waals surface area contributed by atoms with Crippen LogP contribution < -0.4 is 4.90 Å². The highest BCUT2D eigenvalue weighted by Crippen LogP contribution is 2.27. The van der Waals surface area contributed by atoms with Gasteiger partial charge in [-0.25, -0.2) is 9.97 Å². The van der Waals surface area contributed by atoms with Crippen LogP contribution in [0.5, 0.6) is 0 Å². The predicted octanol–water partition coefficient (Wildman–Crippen LogP) is 1.74. The molecule has 7 nitrogen and oxygen atoms in total. The SMILES string of the molecule is O=C(CCC(=O)N1CCN(c2nc3cccnc3s2)CC1)N1CCCC1. The number of thiazole rings is 1. The van der Waals surface area contributed by atoms with E-state index in [0.29, 0.717) is 25.9 Å². The topological polar surface area (TPSA) is 69.6 Å². The van der Waals surface area contributed by atoms with E-state index >= 15 is 0 Å². The lowest BCUT2D eigenvalue weighted by atomic mass is 10.2. The third-order valence-electron chi connectivity index (χ3n) is 5.07. The van der Waals surface area contributed by atoms with Gasteiger partial charge in [0.15, 0.2) is 5.13 Å². The van der Waals surface area contributed by atoms with Gasteiger partial charge in [0.1, 0.15) is 10.3 Å². The molecule has 0 spiro atoms. The Labute approximate surface area is 156 Å². The molecule has 0 saturated carbocycles. The van der Waals surface area contributed by atoms with Gasteiger partial charge in [0.05, 0.1) is 0 Å². The fraction of sp³-hybridized carbons (Fsp3) is 0.556. The lowest BCUT2D eigenvalue weighted by Crippen LogP contribution is -2.49. The summed E-state index contributed by atoms with van der Waals surface area (Å²) in [6.45, 7) is 4.60. The molecule has 0 radical (unpaired) electrons. The Morgan fingerprint density at radius 1 is 0.962 bits per heavy atom. The van der Waals surface area contributed by atoms with Crippen molar-refractivity contribution in [1.82, 2.24) is 19.8 Å². The van der Waals surface area contributed by atoms with E-state index < -0.39 is 0 Å². The number of aromatic nitrogens is 2. The van der Waals surface area contributed by atoms with Gasteiger partial charge in [-0.1, -0.05) is 11.3 Å². The molecule has 0 atom stereocenters. The number of fused-ring (bicyclic) bond motifs is 1. The summed E-state index contributed by atoms with van der Waals surface area (Å²) in [6.07, 6.45) is 4.61. The van der Waals surface area contributed by atoms with Crippen LogP contribution in [0.25, 0.3) is 10.3 Å². The van der Waals surface area contributed by atoms with E-state index in [1.165, 1.54) is 0 Å². The molecule has 26 heavy (non-hydrogen) atoms. The summed E-state index contributed by atoms with van der Waals surface area (Å²) in [7, 11) is 0. The molecule has 4 heterocycles. The summed E-state index contributed by atoms with van der Waals surface area (Å²) in [5, 5.41) is 0.968. The van der Waals surface area contributed by atoms with Gasteiger partial charge in [-0.2, -0.15) is 0 Å². The summed E-state index contributed by atoms with van der Waals surface area (Å²) in [6, 6.07) is 3.87. The number of rotatable bonds is 4. The minimum absolute atomic E-state index is 0.0863. The van der Waals surface area contributed by atoms with Crippen molar-refractivity contribution in [2.45, 2.75) is 25.7 Å². The van der Waals surface area contributed by atoms with Crippen molar-refractivity contribution in [3.8, 4) is 0 Å². The number of hydrogen-bond acceptors (Lipinski definition) is 6. The highest BCUT2D eigenvalue weighted by molar-refractivity contribution is 7.21. The van der Waals surface area contributed by atoms with E-state index in [1.807, 2.05) is 21.9 Å². The van der Waals surface area contributed by atoms with Gasteiger partial charge in [-0.3, -0.25) is 9.59 Å². The monoisotopic (exact) mass is 373 g/mol. The first-order valence-electron chi connectivity index (χ1n) is 9.23. The minimum Gasteiger partial charge on any atom is -0.344 e. The molecular formula is C18H23N5O2S. The van der Waals surface area contributed by atoms with Crippen molar-refractivity contribution in [2.24, 2.45) is 0 Å². The lowest BCUT2D eigenvalue weighted by Gasteiger charge is -2.34. The molecule has 4 rings (SSSR count). The quantitative estimate of drug-likeness (QED) is 0.817. The largest absolute Gasteiger partial charge is 0.344 e. The first-order chi connectivity index (χ1) is 12.7. The van der Waals surface area contributed by atoms with Crippen LogP contribution in [0.4, 0.5) is 5.13 Å². The Hall–Kier alpha value is -2.22. The summed E-state index contributed by atoms with van der Waals surface area (Å²) in [5.74, 6) is 0.208. The first-order valence-corrected chi connectivity index (χ1v) is 10.0. The number of piperazine rings is 1. The second-order valence-electron chi connectivity index (χ2n) is 6.78. The molecular weight excluding hydrogens is 350 g/mol. The fourth-order valence-corrected chi connectivity index (χ4v) is 4.50. The van der Waals surface area contributed by atoms with Gasteiger partial charge < -0.3 is 14.7 Å². The third-order valence-corrected chi connectivity index (χ3v) is 6.11. The average molecular weight is 373 g/mol. The summed E-state index contributed by atoms with van der Waals surface area (Å²) < 4.78 is 0. The number of pyridine rings is 1. The van der Waals surface area contributed by atoms with Gasteiger partial charge >= 0.3 is 0 Å². The molecule has 0 aliphatic carbocycles. The maximum Gasteiger partial charge on any atom is 0.223 e. The highest BCUT2D eigenvalue weighted by atomic mass is 32.1. The molecule has 2 aromatic rings. The van der Waals surface area contributed by atoms with E-state index in [-0.39, 0.29) is 11.8 Å². The Kier molecular flexibility index (Phi) is 5.01. The molecule has 0 bridgehead atoms. The van der Waals surface area contributed by atoms with Gasteiger partial charge in [0.25, 0.3) is 0 Å². The molecule has 2 aliphatic rings. The van der Waals surface area contributed by atoms with Gasteiger partial charge in [0.2, 0.25) is 11.8 Å². The predicted molar refractivity (Wildman–Crippen MR) is 101 cm³/mol. The summed E-state index contributed by atoms with van der Waals surface area (Å²) in [4.78, 5) is 40.4. The number of amides is 2. The van der Waals surface area contributed by atoms with E-state index in [1.54, 1.807) is 17.5 Å². The summed E-state index contributed by atoms with van der Waals surface area (Å²) >= 11 is 1.59. The zero-order valence-electron chi connectivity index (χ0n) is 14.8. The standard InChI is InChI=1S/C18H23N5O2S/c24-15(21-8-1-2-9-21)5-6-16(25)22-10-12-23(13-11-22)18-20-14-4-3-7-19-17(14)26-18/h3-4,7H,1-2,5-6,8-13H2. The van der Waals surface area contributed by atoms with E-state index in [0.717, 1.165) is 54.5 Å². The number of hydrogen-bond donors (Lipinski definition) is 0. The van der Waals surface area contributed by atoms with Crippen molar-refractivity contribution in [3.63, 3.8) is 0 Å². The van der Waals surface area contributed by atoms with E-state index in [9.17, 15) is 9.59 Å². The molecule has 138 valence electrons. The van der Waals surface area contributed by atoms with Crippen LogP contribution in [0, 0.1) is 0 Å².